The number of halogens is 3. The van der Waals surface area contributed by atoms with Crippen LogP contribution in [0, 0.1) is 23.7 Å². The van der Waals surface area contributed by atoms with Crippen molar-refractivity contribution in [2.45, 2.75) is 64.7 Å². The fraction of sp³-hybridized carbons (Fsp3) is 0.700. The molecule has 0 aromatic heterocycles. The summed E-state index contributed by atoms with van der Waals surface area (Å²) in [5, 5.41) is 0. The summed E-state index contributed by atoms with van der Waals surface area (Å²) in [5.41, 5.74) is 0.793. The van der Waals surface area contributed by atoms with E-state index in [-0.39, 0.29) is 12.3 Å². The van der Waals surface area contributed by atoms with E-state index in [4.69, 9.17) is 0 Å². The highest BCUT2D eigenvalue weighted by molar-refractivity contribution is 5.36. The van der Waals surface area contributed by atoms with Crippen molar-refractivity contribution in [2.75, 3.05) is 0 Å². The van der Waals surface area contributed by atoms with Gasteiger partial charge in [0.2, 0.25) is 0 Å². The number of allylic oxidation sites excluding steroid dienone is 6. The van der Waals surface area contributed by atoms with Crippen LogP contribution in [-0.4, -0.2) is 0 Å². The fourth-order valence-corrected chi connectivity index (χ4v) is 4.66. The molecule has 3 heteroatoms. The summed E-state index contributed by atoms with van der Waals surface area (Å²) in [4.78, 5) is 0. The molecule has 23 heavy (non-hydrogen) atoms. The zero-order valence-corrected chi connectivity index (χ0v) is 14.0. The summed E-state index contributed by atoms with van der Waals surface area (Å²) in [6.45, 7) is 2.35. The quantitative estimate of drug-likeness (QED) is 0.515. The Labute approximate surface area is 137 Å². The van der Waals surface area contributed by atoms with Crippen molar-refractivity contribution in [3.8, 4) is 0 Å². The Bertz CT molecular complexity index is 513. The Morgan fingerprint density at radius 1 is 0.826 bits per heavy atom. The molecule has 3 rings (SSSR count). The summed E-state index contributed by atoms with van der Waals surface area (Å²) < 4.78 is 40.3. The molecule has 128 valence electrons. The van der Waals surface area contributed by atoms with Crippen LogP contribution in [0.15, 0.2) is 35.2 Å². The van der Waals surface area contributed by atoms with Crippen molar-refractivity contribution in [1.29, 1.82) is 0 Å². The molecule has 0 atom stereocenters. The zero-order chi connectivity index (χ0) is 16.4. The van der Waals surface area contributed by atoms with Crippen LogP contribution >= 0.6 is 0 Å². The fourth-order valence-electron chi connectivity index (χ4n) is 4.66. The summed E-state index contributed by atoms with van der Waals surface area (Å²) in [7, 11) is 0. The van der Waals surface area contributed by atoms with Crippen molar-refractivity contribution < 1.29 is 13.2 Å². The Hall–Kier alpha value is -0.990. The van der Waals surface area contributed by atoms with Crippen molar-refractivity contribution >= 4 is 0 Å². The molecule has 0 bridgehead atoms. The van der Waals surface area contributed by atoms with E-state index in [1.54, 1.807) is 6.08 Å². The van der Waals surface area contributed by atoms with Crippen molar-refractivity contribution in [1.82, 2.24) is 0 Å². The van der Waals surface area contributed by atoms with Crippen molar-refractivity contribution in [3.05, 3.63) is 35.2 Å². The summed E-state index contributed by atoms with van der Waals surface area (Å²) in [6, 6.07) is 0. The maximum atomic E-state index is 13.6. The van der Waals surface area contributed by atoms with Crippen molar-refractivity contribution in [3.63, 3.8) is 0 Å². The van der Waals surface area contributed by atoms with Crippen LogP contribution in [0.2, 0.25) is 0 Å². The van der Waals surface area contributed by atoms with E-state index < -0.39 is 17.5 Å². The highest BCUT2D eigenvalue weighted by Crippen LogP contribution is 2.43. The molecule has 0 radical (unpaired) electrons. The molecule has 3 aliphatic carbocycles. The topological polar surface area (TPSA) is 0 Å². The van der Waals surface area contributed by atoms with E-state index in [0.717, 1.165) is 36.2 Å². The van der Waals surface area contributed by atoms with Gasteiger partial charge in [-0.25, -0.2) is 13.2 Å². The average Bonchev–Trinajstić information content (AvgIpc) is 2.69. The van der Waals surface area contributed by atoms with E-state index in [9.17, 15) is 13.2 Å². The van der Waals surface area contributed by atoms with Crippen LogP contribution in [0.5, 0.6) is 0 Å². The molecule has 2 saturated carbocycles. The predicted molar refractivity (Wildman–Crippen MR) is 87.7 cm³/mol. The van der Waals surface area contributed by atoms with Crippen LogP contribution in [0.4, 0.5) is 13.2 Å². The highest BCUT2D eigenvalue weighted by atomic mass is 19.2. The molecule has 0 unspecified atom stereocenters. The average molecular weight is 324 g/mol. The number of rotatable bonds is 2. The van der Waals surface area contributed by atoms with Crippen LogP contribution in [0.1, 0.15) is 64.7 Å². The molecule has 0 aromatic rings. The molecular weight excluding hydrogens is 297 g/mol. The molecule has 2 fully saturated rings. The highest BCUT2D eigenvalue weighted by Gasteiger charge is 2.31. The van der Waals surface area contributed by atoms with Crippen LogP contribution < -0.4 is 0 Å². The monoisotopic (exact) mass is 324 g/mol. The van der Waals surface area contributed by atoms with Gasteiger partial charge in [-0.1, -0.05) is 25.8 Å². The van der Waals surface area contributed by atoms with Gasteiger partial charge in [0.05, 0.1) is 0 Å². The van der Waals surface area contributed by atoms with Gasteiger partial charge < -0.3 is 0 Å². The van der Waals surface area contributed by atoms with Crippen molar-refractivity contribution in [2.24, 2.45) is 23.7 Å². The van der Waals surface area contributed by atoms with E-state index in [1.165, 1.54) is 44.6 Å². The minimum absolute atomic E-state index is 0.120. The lowest BCUT2D eigenvalue weighted by Gasteiger charge is -2.37. The number of hydrogen-bond acceptors (Lipinski definition) is 0. The van der Waals surface area contributed by atoms with E-state index in [1.807, 2.05) is 0 Å². The zero-order valence-electron chi connectivity index (χ0n) is 14.0. The standard InChI is InChI=1S/C20H27F3/c1-13-2-4-14(5-3-13)15-6-8-16(9-7-15)17-10-11-18(21)20(23)19(22)12-17/h10,12-16H,2-9,11H2,1H3. The Balaban J connectivity index is 1.57. The summed E-state index contributed by atoms with van der Waals surface area (Å²) in [6.07, 6.45) is 12.6. The van der Waals surface area contributed by atoms with Crippen LogP contribution in [0.25, 0.3) is 0 Å². The van der Waals surface area contributed by atoms with Gasteiger partial charge in [0, 0.05) is 6.42 Å². The van der Waals surface area contributed by atoms with Gasteiger partial charge in [-0.05, 0) is 73.8 Å². The Morgan fingerprint density at radius 2 is 1.39 bits per heavy atom. The summed E-state index contributed by atoms with van der Waals surface area (Å²) in [5.74, 6) is -0.554. The third kappa shape index (κ3) is 3.92. The lowest BCUT2D eigenvalue weighted by Crippen LogP contribution is -2.25. The molecule has 0 N–H and O–H groups in total. The SMILES string of the molecule is CC1CCC(C2CCC(C3=CCC(F)=C(F)C(F)=C3)CC2)CC1. The third-order valence-corrected chi connectivity index (χ3v) is 6.23. The first-order chi connectivity index (χ1) is 11.0. The molecule has 0 aromatic carbocycles. The van der Waals surface area contributed by atoms with E-state index in [2.05, 4.69) is 6.92 Å². The maximum Gasteiger partial charge on any atom is 0.190 e. The molecular formula is C20H27F3. The Kier molecular flexibility index (Phi) is 5.33. The molecule has 0 aliphatic heterocycles. The van der Waals surface area contributed by atoms with E-state index in [0.29, 0.717) is 0 Å². The lowest BCUT2D eigenvalue weighted by molar-refractivity contribution is 0.159. The largest absolute Gasteiger partial charge is 0.208 e. The second-order valence-corrected chi connectivity index (χ2v) is 7.75. The molecule has 0 amide bonds. The second kappa shape index (κ2) is 7.27. The first-order valence-corrected chi connectivity index (χ1v) is 9.16. The van der Waals surface area contributed by atoms with Crippen LogP contribution in [-0.2, 0) is 0 Å². The van der Waals surface area contributed by atoms with Gasteiger partial charge in [-0.3, -0.25) is 0 Å². The first-order valence-electron chi connectivity index (χ1n) is 9.16. The van der Waals surface area contributed by atoms with Gasteiger partial charge in [-0.15, -0.1) is 0 Å². The van der Waals surface area contributed by atoms with Gasteiger partial charge in [0.1, 0.15) is 5.83 Å². The van der Waals surface area contributed by atoms with Gasteiger partial charge in [0.25, 0.3) is 0 Å². The van der Waals surface area contributed by atoms with Gasteiger partial charge in [-0.2, -0.15) is 0 Å². The smallest absolute Gasteiger partial charge is 0.190 e. The number of hydrogen-bond donors (Lipinski definition) is 0. The predicted octanol–water partition coefficient (Wildman–Crippen LogP) is 6.95. The first kappa shape index (κ1) is 16.9. The normalized spacial score (nSPS) is 36.3. The van der Waals surface area contributed by atoms with Crippen LogP contribution in [0.3, 0.4) is 0 Å². The second-order valence-electron chi connectivity index (χ2n) is 7.75. The molecule has 0 nitrogen and oxygen atoms in total. The molecule has 0 spiro atoms. The minimum atomic E-state index is -1.32. The molecule has 0 saturated heterocycles. The maximum absolute atomic E-state index is 13.6. The summed E-state index contributed by atoms with van der Waals surface area (Å²) >= 11 is 0. The molecule has 0 heterocycles. The third-order valence-electron chi connectivity index (χ3n) is 6.23. The minimum Gasteiger partial charge on any atom is -0.208 e. The Morgan fingerprint density at radius 3 is 2.00 bits per heavy atom. The van der Waals surface area contributed by atoms with E-state index >= 15 is 0 Å². The van der Waals surface area contributed by atoms with Gasteiger partial charge in [0.15, 0.2) is 11.7 Å². The lowest BCUT2D eigenvalue weighted by atomic mass is 9.68. The molecule has 3 aliphatic rings. The van der Waals surface area contributed by atoms with Gasteiger partial charge >= 0.3 is 0 Å².